The van der Waals surface area contributed by atoms with Crippen LogP contribution in [0.2, 0.25) is 0 Å². The molecule has 0 saturated carbocycles. The summed E-state index contributed by atoms with van der Waals surface area (Å²) in [5.41, 5.74) is 8.12. The van der Waals surface area contributed by atoms with Gasteiger partial charge in [-0.3, -0.25) is 19.3 Å². The van der Waals surface area contributed by atoms with Crippen LogP contribution in [-0.2, 0) is 9.53 Å². The molecule has 1 atom stereocenters. The standard InChI is InChI=1S/C37H40F2N8O3/c1-37(2,46-17-15-44(16-18-46)27-22-49-23-27)19-25(20-40)36(48)45-14-4-5-26(21-45)47-31-12-13-42-35(41)32(31)33(43-47)24-8-10-28(11-9-24)50-34-29(38)6-3-7-30(34)39/h3,6-13,19,26-27H,4-5,14-18,21-23H2,1-2H3,(H2,41,42)/b25-19-/t26-/m1/s1. The van der Waals surface area contributed by atoms with E-state index in [0.717, 1.165) is 69.9 Å². The summed E-state index contributed by atoms with van der Waals surface area (Å²) in [5, 5.41) is 15.8. The number of rotatable bonds is 8. The molecular formula is C37H40F2N8O3. The number of nitrogens with zero attached hydrogens (tertiary/aromatic N) is 7. The van der Waals surface area contributed by atoms with Crippen molar-refractivity contribution >= 4 is 22.6 Å². The van der Waals surface area contributed by atoms with Gasteiger partial charge in [-0.1, -0.05) is 6.07 Å². The number of piperidine rings is 1. The van der Waals surface area contributed by atoms with Crippen molar-refractivity contribution in [2.24, 2.45) is 0 Å². The Labute approximate surface area is 289 Å². The molecule has 0 unspecified atom stereocenters. The number of aromatic nitrogens is 3. The first-order chi connectivity index (χ1) is 24.1. The van der Waals surface area contributed by atoms with Gasteiger partial charge in [0, 0.05) is 56.6 Å². The Balaban J connectivity index is 1.10. The number of para-hydroxylation sites is 1. The van der Waals surface area contributed by atoms with Gasteiger partial charge < -0.3 is 20.1 Å². The Morgan fingerprint density at radius 1 is 1.04 bits per heavy atom. The van der Waals surface area contributed by atoms with Crippen LogP contribution in [0.1, 0.15) is 32.7 Å². The Morgan fingerprint density at radius 2 is 1.76 bits per heavy atom. The van der Waals surface area contributed by atoms with Crippen molar-refractivity contribution in [1.29, 1.82) is 5.26 Å². The van der Waals surface area contributed by atoms with E-state index in [1.54, 1.807) is 35.4 Å². The van der Waals surface area contributed by atoms with Gasteiger partial charge in [0.1, 0.15) is 28.9 Å². The van der Waals surface area contributed by atoms with Crippen molar-refractivity contribution in [2.75, 3.05) is 58.2 Å². The van der Waals surface area contributed by atoms with E-state index < -0.39 is 22.9 Å². The van der Waals surface area contributed by atoms with Crippen molar-refractivity contribution < 1.29 is 23.0 Å². The molecule has 3 saturated heterocycles. The monoisotopic (exact) mass is 682 g/mol. The molecular weight excluding hydrogens is 642 g/mol. The predicted molar refractivity (Wildman–Crippen MR) is 184 cm³/mol. The molecule has 2 N–H and O–H groups in total. The molecule has 0 spiro atoms. The quantitative estimate of drug-likeness (QED) is 0.198. The number of ether oxygens (including phenoxy) is 2. The third-order valence-electron chi connectivity index (χ3n) is 10.1. The average molecular weight is 683 g/mol. The Bertz CT molecular complexity index is 1940. The molecule has 2 aromatic heterocycles. The minimum absolute atomic E-state index is 0.141. The summed E-state index contributed by atoms with van der Waals surface area (Å²) in [7, 11) is 0. The summed E-state index contributed by atoms with van der Waals surface area (Å²) in [6.45, 7) is 10.2. The van der Waals surface area contributed by atoms with Crippen LogP contribution in [0.25, 0.3) is 22.2 Å². The van der Waals surface area contributed by atoms with Gasteiger partial charge in [-0.2, -0.15) is 10.4 Å². The van der Waals surface area contributed by atoms with Crippen LogP contribution >= 0.6 is 0 Å². The molecule has 1 amide bonds. The lowest BCUT2D eigenvalue weighted by atomic mass is 9.96. The van der Waals surface area contributed by atoms with Crippen LogP contribution in [0.5, 0.6) is 11.5 Å². The van der Waals surface area contributed by atoms with Crippen molar-refractivity contribution in [1.82, 2.24) is 29.5 Å². The van der Waals surface area contributed by atoms with Crippen molar-refractivity contribution in [2.45, 2.75) is 44.3 Å². The van der Waals surface area contributed by atoms with Gasteiger partial charge in [0.25, 0.3) is 5.91 Å². The lowest BCUT2D eigenvalue weighted by molar-refractivity contribution is -0.128. The molecule has 0 aliphatic carbocycles. The largest absolute Gasteiger partial charge is 0.451 e. The van der Waals surface area contributed by atoms with E-state index in [-0.39, 0.29) is 23.3 Å². The van der Waals surface area contributed by atoms with Crippen molar-refractivity contribution in [3.63, 3.8) is 0 Å². The molecule has 2 aromatic carbocycles. The van der Waals surface area contributed by atoms with E-state index in [2.05, 4.69) is 34.7 Å². The van der Waals surface area contributed by atoms with Crippen LogP contribution in [-0.4, -0.2) is 99.4 Å². The molecule has 3 fully saturated rings. The van der Waals surface area contributed by atoms with Crippen molar-refractivity contribution in [3.05, 3.63) is 78.0 Å². The van der Waals surface area contributed by atoms with E-state index in [0.29, 0.717) is 41.6 Å². The van der Waals surface area contributed by atoms with Gasteiger partial charge in [-0.05, 0) is 75.2 Å². The van der Waals surface area contributed by atoms with E-state index in [1.165, 1.54) is 6.07 Å². The number of carbonyl (C=O) groups is 1. The molecule has 0 bridgehead atoms. The van der Waals surface area contributed by atoms with E-state index in [4.69, 9.17) is 20.3 Å². The second kappa shape index (κ2) is 13.8. The van der Waals surface area contributed by atoms with Crippen LogP contribution in [0.15, 0.2) is 66.4 Å². The first kappa shape index (κ1) is 33.6. The zero-order valence-electron chi connectivity index (χ0n) is 28.2. The zero-order valence-corrected chi connectivity index (χ0v) is 28.2. The van der Waals surface area contributed by atoms with Gasteiger partial charge in [0.05, 0.1) is 36.2 Å². The van der Waals surface area contributed by atoms with E-state index in [1.807, 2.05) is 16.8 Å². The third kappa shape index (κ3) is 6.54. The van der Waals surface area contributed by atoms with Gasteiger partial charge in [0.2, 0.25) is 0 Å². The number of anilines is 1. The van der Waals surface area contributed by atoms with Gasteiger partial charge in [-0.25, -0.2) is 13.8 Å². The minimum Gasteiger partial charge on any atom is -0.451 e. The SMILES string of the molecule is CC(C)(/C=C(/C#N)C(=O)N1CCC[C@@H](n2nc(-c3ccc(Oc4c(F)cccc4F)cc3)c3c(N)nccc32)C1)N1CCN(C2COC2)CC1. The molecule has 0 radical (unpaired) electrons. The highest BCUT2D eigenvalue weighted by Gasteiger charge is 2.35. The normalized spacial score (nSPS) is 19.7. The number of amides is 1. The Morgan fingerprint density at radius 3 is 2.42 bits per heavy atom. The number of piperazine rings is 1. The molecule has 3 aliphatic rings. The fraction of sp³-hybridized carbons (Fsp3) is 0.405. The molecule has 13 heteroatoms. The molecule has 5 heterocycles. The number of carbonyl (C=O) groups excluding carboxylic acids is 1. The number of nitriles is 1. The molecule has 260 valence electrons. The summed E-state index contributed by atoms with van der Waals surface area (Å²) >= 11 is 0. The lowest BCUT2D eigenvalue weighted by Crippen LogP contribution is -2.59. The number of pyridine rings is 1. The number of fused-ring (bicyclic) bond motifs is 1. The maximum atomic E-state index is 14.2. The number of nitrogens with two attached hydrogens (primary N) is 1. The average Bonchev–Trinajstić information content (AvgIpc) is 3.49. The Hall–Kier alpha value is -4.90. The predicted octanol–water partition coefficient (Wildman–Crippen LogP) is 5.16. The number of likely N-dealkylation sites (tertiary alicyclic amines) is 1. The molecule has 50 heavy (non-hydrogen) atoms. The topological polar surface area (TPSA) is 126 Å². The highest BCUT2D eigenvalue weighted by atomic mass is 19.1. The number of halogens is 2. The van der Waals surface area contributed by atoms with Crippen molar-refractivity contribution in [3.8, 4) is 28.8 Å². The number of hydrogen-bond acceptors (Lipinski definition) is 9. The molecule has 3 aliphatic heterocycles. The van der Waals surface area contributed by atoms with Crippen LogP contribution in [0.4, 0.5) is 14.6 Å². The lowest BCUT2D eigenvalue weighted by Gasteiger charge is -2.46. The van der Waals surface area contributed by atoms with Crippen LogP contribution in [0.3, 0.4) is 0 Å². The summed E-state index contributed by atoms with van der Waals surface area (Å²) < 4.78 is 41.1. The van der Waals surface area contributed by atoms with Gasteiger partial charge >= 0.3 is 0 Å². The first-order valence-corrected chi connectivity index (χ1v) is 17.0. The Kier molecular flexibility index (Phi) is 9.26. The highest BCUT2D eigenvalue weighted by Crippen LogP contribution is 2.36. The van der Waals surface area contributed by atoms with E-state index in [9.17, 15) is 18.8 Å². The first-order valence-electron chi connectivity index (χ1n) is 17.0. The molecule has 4 aromatic rings. The number of hydrogen-bond donors (Lipinski definition) is 1. The number of nitrogen functional groups attached to an aromatic ring is 1. The maximum absolute atomic E-state index is 14.2. The summed E-state index contributed by atoms with van der Waals surface area (Å²) in [5.74, 6) is -1.80. The highest BCUT2D eigenvalue weighted by molar-refractivity contribution is 6.00. The second-order valence-electron chi connectivity index (χ2n) is 13.6. The fourth-order valence-corrected chi connectivity index (χ4v) is 7.16. The van der Waals surface area contributed by atoms with Crippen LogP contribution < -0.4 is 10.5 Å². The van der Waals surface area contributed by atoms with Gasteiger partial charge in [0.15, 0.2) is 17.4 Å². The summed E-state index contributed by atoms with van der Waals surface area (Å²) in [6.07, 6.45) is 4.96. The fourth-order valence-electron chi connectivity index (χ4n) is 7.16. The third-order valence-corrected chi connectivity index (χ3v) is 10.1. The smallest absolute Gasteiger partial charge is 0.264 e. The van der Waals surface area contributed by atoms with Crippen LogP contribution in [0, 0.1) is 23.0 Å². The maximum Gasteiger partial charge on any atom is 0.264 e. The number of benzene rings is 2. The minimum atomic E-state index is -0.799. The second-order valence-corrected chi connectivity index (χ2v) is 13.6. The zero-order chi connectivity index (χ0) is 35.0. The summed E-state index contributed by atoms with van der Waals surface area (Å²) in [4.78, 5) is 24.7. The molecule has 7 rings (SSSR count). The summed E-state index contributed by atoms with van der Waals surface area (Å²) in [6, 6.07) is 14.6. The molecule has 11 nitrogen and oxygen atoms in total. The van der Waals surface area contributed by atoms with Gasteiger partial charge in [-0.15, -0.1) is 0 Å². The van der Waals surface area contributed by atoms with E-state index >= 15 is 0 Å².